The summed E-state index contributed by atoms with van der Waals surface area (Å²) in [5.74, 6) is 0. The van der Waals surface area contributed by atoms with Crippen LogP contribution in [0.15, 0.2) is 18.3 Å². The molecule has 0 atom stereocenters. The van der Waals surface area contributed by atoms with E-state index in [0.29, 0.717) is 17.4 Å². The molecular weight excluding hydrogens is 254 g/mol. The van der Waals surface area contributed by atoms with Crippen LogP contribution < -0.4 is 5.32 Å². The highest BCUT2D eigenvalue weighted by molar-refractivity contribution is 6.29. The van der Waals surface area contributed by atoms with Gasteiger partial charge >= 0.3 is 6.03 Å². The molecule has 0 aromatic carbocycles. The van der Waals surface area contributed by atoms with Gasteiger partial charge in [0.2, 0.25) is 0 Å². The number of aromatic nitrogens is 1. The zero-order chi connectivity index (χ0) is 13.8. The molecule has 1 heterocycles. The van der Waals surface area contributed by atoms with Crippen LogP contribution in [-0.2, 0) is 0 Å². The Morgan fingerprint density at radius 2 is 2.28 bits per heavy atom. The first-order valence-corrected chi connectivity index (χ1v) is 6.09. The van der Waals surface area contributed by atoms with Crippen LogP contribution in [0.4, 0.5) is 10.5 Å². The Balaban J connectivity index is 2.68. The summed E-state index contributed by atoms with van der Waals surface area (Å²) in [4.78, 5) is 17.3. The standard InChI is InChI=1S/C12H18ClN3O2/c1-4-16(8-12(2,3)18)11(17)15-9-5-6-14-10(13)7-9/h5-7,18H,4,8H2,1-3H3,(H,14,15,17). The second kappa shape index (κ2) is 6.02. The van der Waals surface area contributed by atoms with E-state index in [1.54, 1.807) is 26.0 Å². The molecule has 0 aliphatic rings. The number of halogens is 1. The highest BCUT2D eigenvalue weighted by Crippen LogP contribution is 2.13. The fourth-order valence-corrected chi connectivity index (χ4v) is 1.65. The van der Waals surface area contributed by atoms with Crippen molar-refractivity contribution in [2.45, 2.75) is 26.4 Å². The van der Waals surface area contributed by atoms with Crippen molar-refractivity contribution >= 4 is 23.3 Å². The summed E-state index contributed by atoms with van der Waals surface area (Å²) in [7, 11) is 0. The highest BCUT2D eigenvalue weighted by Gasteiger charge is 2.21. The maximum absolute atomic E-state index is 12.0. The second-order valence-electron chi connectivity index (χ2n) is 4.62. The summed E-state index contributed by atoms with van der Waals surface area (Å²) in [6.45, 7) is 5.94. The Morgan fingerprint density at radius 3 is 2.78 bits per heavy atom. The number of aliphatic hydroxyl groups is 1. The minimum atomic E-state index is -0.927. The van der Waals surface area contributed by atoms with Gasteiger partial charge in [0.1, 0.15) is 5.15 Å². The Kier molecular flexibility index (Phi) is 4.93. The summed E-state index contributed by atoms with van der Waals surface area (Å²) in [5.41, 5.74) is -0.349. The average molecular weight is 272 g/mol. The van der Waals surface area contributed by atoms with Crippen LogP contribution in [0.2, 0.25) is 5.15 Å². The molecule has 0 saturated carbocycles. The maximum Gasteiger partial charge on any atom is 0.321 e. The van der Waals surface area contributed by atoms with Gasteiger partial charge in [0.25, 0.3) is 0 Å². The monoisotopic (exact) mass is 271 g/mol. The third-order valence-corrected chi connectivity index (χ3v) is 2.43. The van der Waals surface area contributed by atoms with E-state index < -0.39 is 5.60 Å². The van der Waals surface area contributed by atoms with Gasteiger partial charge in [0.15, 0.2) is 0 Å². The fraction of sp³-hybridized carbons (Fsp3) is 0.500. The third-order valence-electron chi connectivity index (χ3n) is 2.22. The third kappa shape index (κ3) is 4.89. The lowest BCUT2D eigenvalue weighted by molar-refractivity contribution is 0.0501. The van der Waals surface area contributed by atoms with Gasteiger partial charge in [0, 0.05) is 18.4 Å². The van der Waals surface area contributed by atoms with Gasteiger partial charge in [-0.05, 0) is 32.9 Å². The van der Waals surface area contributed by atoms with Gasteiger partial charge in [0.05, 0.1) is 12.1 Å². The maximum atomic E-state index is 12.0. The molecule has 0 radical (unpaired) electrons. The molecule has 18 heavy (non-hydrogen) atoms. The van der Waals surface area contributed by atoms with E-state index in [1.165, 1.54) is 11.1 Å². The summed E-state index contributed by atoms with van der Waals surface area (Å²) >= 11 is 5.73. The number of nitrogens with zero attached hydrogens (tertiary/aromatic N) is 2. The van der Waals surface area contributed by atoms with Crippen molar-refractivity contribution < 1.29 is 9.90 Å². The van der Waals surface area contributed by atoms with Crippen LogP contribution in [0.3, 0.4) is 0 Å². The Bertz CT molecular complexity index is 418. The number of pyridine rings is 1. The van der Waals surface area contributed by atoms with Crippen molar-refractivity contribution in [3.05, 3.63) is 23.5 Å². The van der Waals surface area contributed by atoms with Crippen molar-refractivity contribution in [1.82, 2.24) is 9.88 Å². The van der Waals surface area contributed by atoms with Gasteiger partial charge in [-0.1, -0.05) is 11.6 Å². The molecular formula is C12H18ClN3O2. The first-order chi connectivity index (χ1) is 8.31. The highest BCUT2D eigenvalue weighted by atomic mass is 35.5. The number of rotatable bonds is 4. The van der Waals surface area contributed by atoms with Crippen molar-refractivity contribution in [3.63, 3.8) is 0 Å². The van der Waals surface area contributed by atoms with Crippen LogP contribution >= 0.6 is 11.6 Å². The number of hydrogen-bond donors (Lipinski definition) is 2. The second-order valence-corrected chi connectivity index (χ2v) is 5.01. The van der Waals surface area contributed by atoms with Gasteiger partial charge in [-0.3, -0.25) is 0 Å². The molecule has 0 spiro atoms. The molecule has 6 heteroatoms. The quantitative estimate of drug-likeness (QED) is 0.826. The van der Waals surface area contributed by atoms with Gasteiger partial charge in [-0.15, -0.1) is 0 Å². The van der Waals surface area contributed by atoms with Crippen LogP contribution in [0.25, 0.3) is 0 Å². The van der Waals surface area contributed by atoms with E-state index in [4.69, 9.17) is 11.6 Å². The number of anilines is 1. The van der Waals surface area contributed by atoms with Gasteiger partial charge in [-0.2, -0.15) is 0 Å². The molecule has 1 rings (SSSR count). The Labute approximate surface area is 112 Å². The predicted molar refractivity (Wildman–Crippen MR) is 71.8 cm³/mol. The minimum Gasteiger partial charge on any atom is -0.389 e. The lowest BCUT2D eigenvalue weighted by atomic mass is 10.1. The van der Waals surface area contributed by atoms with Crippen LogP contribution in [-0.4, -0.2) is 39.7 Å². The average Bonchev–Trinajstić information content (AvgIpc) is 2.24. The van der Waals surface area contributed by atoms with E-state index in [0.717, 1.165) is 0 Å². The Morgan fingerprint density at radius 1 is 1.61 bits per heavy atom. The molecule has 100 valence electrons. The first-order valence-electron chi connectivity index (χ1n) is 5.71. The number of nitrogens with one attached hydrogen (secondary N) is 1. The normalized spacial score (nSPS) is 11.2. The van der Waals surface area contributed by atoms with Crippen LogP contribution in [0, 0.1) is 0 Å². The van der Waals surface area contributed by atoms with Crippen LogP contribution in [0.5, 0.6) is 0 Å². The topological polar surface area (TPSA) is 65.5 Å². The number of carbonyl (C=O) groups excluding carboxylic acids is 1. The molecule has 1 aromatic heterocycles. The summed E-state index contributed by atoms with van der Waals surface area (Å²) in [5, 5.41) is 12.8. The smallest absolute Gasteiger partial charge is 0.321 e. The molecule has 0 unspecified atom stereocenters. The molecule has 0 aliphatic carbocycles. The molecule has 2 N–H and O–H groups in total. The molecule has 5 nitrogen and oxygen atoms in total. The SMILES string of the molecule is CCN(CC(C)(C)O)C(=O)Nc1ccnc(Cl)c1. The van der Waals surface area contributed by atoms with Crippen molar-refractivity contribution in [3.8, 4) is 0 Å². The molecule has 1 aromatic rings. The molecule has 0 aliphatic heterocycles. The molecule has 0 bridgehead atoms. The van der Waals surface area contributed by atoms with E-state index >= 15 is 0 Å². The van der Waals surface area contributed by atoms with Crippen molar-refractivity contribution in [1.29, 1.82) is 0 Å². The molecule has 2 amide bonds. The largest absolute Gasteiger partial charge is 0.389 e. The summed E-state index contributed by atoms with van der Waals surface area (Å²) < 4.78 is 0. The number of likely N-dealkylation sites (N-methyl/N-ethyl adjacent to an activating group) is 1. The van der Waals surface area contributed by atoms with Crippen molar-refractivity contribution in [2.24, 2.45) is 0 Å². The lowest BCUT2D eigenvalue weighted by Crippen LogP contribution is -2.44. The first kappa shape index (κ1) is 14.7. The van der Waals surface area contributed by atoms with Crippen molar-refractivity contribution in [2.75, 3.05) is 18.4 Å². The Hall–Kier alpha value is -1.33. The van der Waals surface area contributed by atoms with E-state index in [-0.39, 0.29) is 12.6 Å². The van der Waals surface area contributed by atoms with Gasteiger partial charge in [-0.25, -0.2) is 9.78 Å². The van der Waals surface area contributed by atoms with E-state index in [9.17, 15) is 9.90 Å². The van der Waals surface area contributed by atoms with E-state index in [1.807, 2.05) is 6.92 Å². The lowest BCUT2D eigenvalue weighted by Gasteiger charge is -2.28. The summed E-state index contributed by atoms with van der Waals surface area (Å²) in [6, 6.07) is 2.95. The molecule has 0 fully saturated rings. The zero-order valence-electron chi connectivity index (χ0n) is 10.8. The zero-order valence-corrected chi connectivity index (χ0v) is 11.5. The van der Waals surface area contributed by atoms with E-state index in [2.05, 4.69) is 10.3 Å². The molecule has 0 saturated heterocycles. The minimum absolute atomic E-state index is 0.258. The fourth-order valence-electron chi connectivity index (χ4n) is 1.48. The number of hydrogen-bond acceptors (Lipinski definition) is 3. The summed E-state index contributed by atoms with van der Waals surface area (Å²) in [6.07, 6.45) is 1.52. The number of carbonyl (C=O) groups is 1. The number of urea groups is 1. The van der Waals surface area contributed by atoms with Crippen LogP contribution in [0.1, 0.15) is 20.8 Å². The predicted octanol–water partition coefficient (Wildman–Crippen LogP) is 2.36. The number of amides is 2. The van der Waals surface area contributed by atoms with Gasteiger partial charge < -0.3 is 15.3 Å².